The quantitative estimate of drug-likeness (QED) is 0.155. The molecule has 2 aromatic carbocycles. The molecule has 3 aromatic rings. The lowest BCUT2D eigenvalue weighted by Gasteiger charge is -2.14. The lowest BCUT2D eigenvalue weighted by molar-refractivity contribution is -0.135. The summed E-state index contributed by atoms with van der Waals surface area (Å²) in [5.74, 6) is -2.24. The molecule has 210 valence electrons. The van der Waals surface area contributed by atoms with Crippen molar-refractivity contribution in [1.29, 1.82) is 0 Å². The fourth-order valence-corrected chi connectivity index (χ4v) is 3.57. The van der Waals surface area contributed by atoms with Gasteiger partial charge in [0.15, 0.2) is 5.76 Å². The van der Waals surface area contributed by atoms with E-state index < -0.39 is 29.7 Å². The Hall–Kier alpha value is -5.10. The number of carbonyl (C=O) groups is 3. The summed E-state index contributed by atoms with van der Waals surface area (Å²) in [7, 11) is 0. The summed E-state index contributed by atoms with van der Waals surface area (Å²) >= 11 is 0. The van der Waals surface area contributed by atoms with Crippen molar-refractivity contribution in [3.63, 3.8) is 0 Å². The Bertz CT molecular complexity index is 1450. The first kappa shape index (κ1) is 29.5. The molecule has 0 aliphatic carbocycles. The van der Waals surface area contributed by atoms with Crippen molar-refractivity contribution in [2.24, 2.45) is 0 Å². The number of carbonyl (C=O) groups excluding carboxylic acids is 2. The highest BCUT2D eigenvalue weighted by atomic mass is 16.4. The van der Waals surface area contributed by atoms with Gasteiger partial charge in [-0.25, -0.2) is 0 Å². The predicted octanol–water partition coefficient (Wildman–Crippen LogP) is 2.03. The van der Waals surface area contributed by atoms with E-state index in [-0.39, 0.29) is 49.0 Å². The van der Waals surface area contributed by atoms with Crippen molar-refractivity contribution in [2.75, 3.05) is 23.7 Å². The first-order chi connectivity index (χ1) is 19.1. The van der Waals surface area contributed by atoms with E-state index in [9.17, 15) is 29.4 Å². The summed E-state index contributed by atoms with van der Waals surface area (Å²) in [6.45, 7) is 4.16. The van der Waals surface area contributed by atoms with Gasteiger partial charge in [-0.2, -0.15) is 0 Å². The van der Waals surface area contributed by atoms with E-state index in [1.165, 1.54) is 6.92 Å². The Morgan fingerprint density at radius 3 is 1.98 bits per heavy atom. The highest BCUT2D eigenvalue weighted by Crippen LogP contribution is 2.21. The number of amides is 1. The third kappa shape index (κ3) is 7.95. The Balaban J connectivity index is 1.64. The summed E-state index contributed by atoms with van der Waals surface area (Å²) < 4.78 is 5.63. The lowest BCUT2D eigenvalue weighted by Crippen LogP contribution is -2.28. The molecule has 1 amide bonds. The smallest absolute Gasteiger partial charge is 0.322 e. The van der Waals surface area contributed by atoms with Crippen molar-refractivity contribution in [3.05, 3.63) is 93.5 Å². The number of hydrogen-bond donors (Lipinski definition) is 7. The fraction of sp³-hybridized carbons (Fsp3) is 0.214. The summed E-state index contributed by atoms with van der Waals surface area (Å²) in [6.07, 6.45) is 0. The second-order valence-electron chi connectivity index (χ2n) is 8.74. The topological polar surface area (TPSA) is 190 Å². The number of benzene rings is 2. The summed E-state index contributed by atoms with van der Waals surface area (Å²) in [6, 6.07) is 13.2. The van der Waals surface area contributed by atoms with Crippen molar-refractivity contribution in [2.45, 2.75) is 26.6 Å². The van der Waals surface area contributed by atoms with E-state index >= 15 is 0 Å². The number of aliphatic hydroxyl groups is 1. The van der Waals surface area contributed by atoms with E-state index in [0.29, 0.717) is 28.2 Å². The van der Waals surface area contributed by atoms with Crippen LogP contribution >= 0.6 is 0 Å². The van der Waals surface area contributed by atoms with Crippen LogP contribution in [0.4, 0.5) is 11.4 Å². The number of nitrogens with one attached hydrogen (secondary N) is 4. The minimum absolute atomic E-state index is 0.00698. The minimum Gasteiger partial charge on any atom is -0.502 e. The summed E-state index contributed by atoms with van der Waals surface area (Å²) in [4.78, 5) is 46.6. The van der Waals surface area contributed by atoms with Crippen LogP contribution in [-0.2, 0) is 29.3 Å². The van der Waals surface area contributed by atoms with E-state index in [1.54, 1.807) is 48.5 Å². The Morgan fingerprint density at radius 1 is 0.850 bits per heavy atom. The zero-order valence-electron chi connectivity index (χ0n) is 21.7. The van der Waals surface area contributed by atoms with Crippen LogP contribution in [0.5, 0.6) is 5.75 Å². The molecule has 0 saturated heterocycles. The van der Waals surface area contributed by atoms with E-state index in [0.717, 1.165) is 0 Å². The van der Waals surface area contributed by atoms with Gasteiger partial charge in [-0.15, -0.1) is 0 Å². The molecule has 12 nitrogen and oxygen atoms in total. The van der Waals surface area contributed by atoms with Crippen molar-refractivity contribution >= 4 is 34.7 Å². The maximum absolute atomic E-state index is 12.9. The van der Waals surface area contributed by atoms with Gasteiger partial charge in [0.2, 0.25) is 11.2 Å². The molecule has 0 unspecified atom stereocenters. The third-order valence-electron chi connectivity index (χ3n) is 5.73. The van der Waals surface area contributed by atoms with Crippen molar-refractivity contribution in [1.82, 2.24) is 10.6 Å². The molecule has 7 N–H and O–H groups in total. The van der Waals surface area contributed by atoms with Gasteiger partial charge in [-0.1, -0.05) is 18.7 Å². The van der Waals surface area contributed by atoms with Gasteiger partial charge >= 0.3 is 5.97 Å². The highest BCUT2D eigenvalue weighted by Gasteiger charge is 2.18. The molecule has 0 spiro atoms. The number of ketones is 1. The van der Waals surface area contributed by atoms with Gasteiger partial charge in [0.1, 0.15) is 24.7 Å². The number of carboxylic acid groups (broad SMARTS) is 1. The lowest BCUT2D eigenvalue weighted by atomic mass is 10.1. The molecule has 12 heteroatoms. The number of carboxylic acids is 1. The molecule has 0 bridgehead atoms. The molecule has 0 fully saturated rings. The Kier molecular flexibility index (Phi) is 10.0. The first-order valence-corrected chi connectivity index (χ1v) is 12.2. The van der Waals surface area contributed by atoms with Gasteiger partial charge in [0, 0.05) is 29.2 Å². The average Bonchev–Trinajstić information content (AvgIpc) is 2.95. The monoisotopic (exact) mass is 550 g/mol. The Morgan fingerprint density at radius 2 is 1.43 bits per heavy atom. The molecule has 40 heavy (non-hydrogen) atoms. The summed E-state index contributed by atoms with van der Waals surface area (Å²) in [5, 5.41) is 40.3. The van der Waals surface area contributed by atoms with Crippen LogP contribution in [0.1, 0.15) is 39.9 Å². The average molecular weight is 551 g/mol. The zero-order chi connectivity index (χ0) is 29.2. The zero-order valence-corrected chi connectivity index (χ0v) is 21.7. The molecule has 0 saturated carbocycles. The number of Topliss-reactive ketones (excluding diaryl/α,β-unsaturated/α-hetero) is 1. The molecule has 3 rings (SSSR count). The van der Waals surface area contributed by atoms with Crippen LogP contribution in [0.15, 0.2) is 64.3 Å². The number of rotatable bonds is 14. The van der Waals surface area contributed by atoms with Crippen LogP contribution in [0.3, 0.4) is 0 Å². The molecule has 0 radical (unpaired) electrons. The molecule has 0 atom stereocenters. The largest absolute Gasteiger partial charge is 0.502 e. The maximum Gasteiger partial charge on any atom is 0.322 e. The van der Waals surface area contributed by atoms with Crippen LogP contribution in [0.2, 0.25) is 0 Å². The van der Waals surface area contributed by atoms with Crippen LogP contribution in [0.25, 0.3) is 5.70 Å². The molecule has 0 aliphatic rings. The van der Waals surface area contributed by atoms with Gasteiger partial charge in [0.25, 0.3) is 5.91 Å². The standard InChI is InChI=1S/C28H30N4O8/c1-16(34)11-32-28(39)19-5-9-21(10-6-19)31-13-23-27(38)26(37)22(24(15-33)40-23)12-30-20-7-3-18(4-8-20)17(2)29-14-25(35)36/h3-10,29-31,33,38H,2,11-15H2,1H3,(H,32,39)(H,35,36). The van der Waals surface area contributed by atoms with E-state index in [2.05, 4.69) is 27.8 Å². The normalized spacial score (nSPS) is 10.4. The van der Waals surface area contributed by atoms with Gasteiger partial charge in [0.05, 0.1) is 18.7 Å². The van der Waals surface area contributed by atoms with Gasteiger partial charge < -0.3 is 41.0 Å². The number of aromatic hydroxyl groups is 1. The number of aliphatic hydroxyl groups excluding tert-OH is 1. The first-order valence-electron chi connectivity index (χ1n) is 12.2. The second kappa shape index (κ2) is 13.6. The molecule has 1 aromatic heterocycles. The summed E-state index contributed by atoms with van der Waals surface area (Å²) in [5.41, 5.74) is 2.05. The third-order valence-corrected chi connectivity index (χ3v) is 5.73. The predicted molar refractivity (Wildman–Crippen MR) is 148 cm³/mol. The van der Waals surface area contributed by atoms with Gasteiger partial charge in [-0.3, -0.25) is 19.2 Å². The van der Waals surface area contributed by atoms with Crippen molar-refractivity contribution < 1.29 is 34.1 Å². The molecule has 1 heterocycles. The SMILES string of the molecule is C=C(NCC(=O)O)c1ccc(NCc2c(CO)oc(CNc3ccc(C(=O)NCC(C)=O)cc3)c(O)c2=O)cc1. The molecular weight excluding hydrogens is 520 g/mol. The van der Waals surface area contributed by atoms with Crippen molar-refractivity contribution in [3.8, 4) is 5.75 Å². The van der Waals surface area contributed by atoms with Crippen LogP contribution in [-0.4, -0.2) is 46.1 Å². The maximum atomic E-state index is 12.9. The van der Waals surface area contributed by atoms with Gasteiger partial charge in [-0.05, 0) is 48.9 Å². The van der Waals surface area contributed by atoms with E-state index in [1.807, 2.05) is 0 Å². The molecular formula is C28H30N4O8. The number of aliphatic carboxylic acids is 1. The number of hydrogen-bond acceptors (Lipinski definition) is 10. The minimum atomic E-state index is -1.01. The van der Waals surface area contributed by atoms with Crippen LogP contribution < -0.4 is 26.7 Å². The van der Waals surface area contributed by atoms with Crippen LogP contribution in [0, 0.1) is 0 Å². The fourth-order valence-electron chi connectivity index (χ4n) is 3.57. The number of anilines is 2. The molecule has 0 aliphatic heterocycles. The van der Waals surface area contributed by atoms with E-state index in [4.69, 9.17) is 9.52 Å². The highest BCUT2D eigenvalue weighted by molar-refractivity contribution is 5.96. The second-order valence-corrected chi connectivity index (χ2v) is 8.74. The Labute approximate surface area is 229 Å².